The summed E-state index contributed by atoms with van der Waals surface area (Å²) in [5, 5.41) is 3.38. The lowest BCUT2D eigenvalue weighted by molar-refractivity contribution is 0.311. The van der Waals surface area contributed by atoms with E-state index in [4.69, 9.17) is 0 Å². The van der Waals surface area contributed by atoms with E-state index in [1.165, 1.54) is 0 Å². The molecule has 5 heteroatoms. The molecule has 1 aromatic heterocycles. The van der Waals surface area contributed by atoms with Gasteiger partial charge in [-0.15, -0.1) is 0 Å². The summed E-state index contributed by atoms with van der Waals surface area (Å²) in [5.74, 6) is 0.867. The highest BCUT2D eigenvalue weighted by Gasteiger charge is 2.16. The molecule has 1 N–H and O–H groups in total. The van der Waals surface area contributed by atoms with Crippen molar-refractivity contribution in [3.8, 4) is 0 Å². The van der Waals surface area contributed by atoms with Crippen molar-refractivity contribution in [3.63, 3.8) is 0 Å². The summed E-state index contributed by atoms with van der Waals surface area (Å²) >= 11 is 0. The van der Waals surface area contributed by atoms with E-state index in [0.29, 0.717) is 6.04 Å². The molecule has 0 amide bonds. The van der Waals surface area contributed by atoms with Crippen LogP contribution in [-0.4, -0.2) is 54.1 Å². The predicted octanol–water partition coefficient (Wildman–Crippen LogP) is 0.726. The Morgan fingerprint density at radius 1 is 1.28 bits per heavy atom. The average molecular weight is 249 g/mol. The van der Waals surface area contributed by atoms with Crippen LogP contribution in [0.1, 0.15) is 19.5 Å². The monoisotopic (exact) mass is 249 g/mol. The fourth-order valence-corrected chi connectivity index (χ4v) is 1.95. The average Bonchev–Trinajstić information content (AvgIpc) is 2.37. The van der Waals surface area contributed by atoms with Crippen LogP contribution < -0.4 is 10.2 Å². The number of hydrogen-bond donors (Lipinski definition) is 1. The number of hydrogen-bond acceptors (Lipinski definition) is 5. The normalized spacial score (nSPS) is 17.4. The maximum absolute atomic E-state index is 4.63. The summed E-state index contributed by atoms with van der Waals surface area (Å²) in [7, 11) is 2.15. The van der Waals surface area contributed by atoms with Crippen molar-refractivity contribution in [1.82, 2.24) is 20.2 Å². The van der Waals surface area contributed by atoms with Crippen LogP contribution in [0.3, 0.4) is 0 Å². The molecule has 0 saturated carbocycles. The molecule has 0 radical (unpaired) electrons. The first-order valence-corrected chi connectivity index (χ1v) is 6.64. The van der Waals surface area contributed by atoms with Gasteiger partial charge in [-0.25, -0.2) is 9.97 Å². The first-order valence-electron chi connectivity index (χ1n) is 6.64. The van der Waals surface area contributed by atoms with Crippen molar-refractivity contribution in [2.75, 3.05) is 38.1 Å². The second kappa shape index (κ2) is 6.11. The lowest BCUT2D eigenvalue weighted by atomic mass is 10.3. The molecular weight excluding hydrogens is 226 g/mol. The fourth-order valence-electron chi connectivity index (χ4n) is 1.95. The Balaban J connectivity index is 1.98. The van der Waals surface area contributed by atoms with Gasteiger partial charge in [0.05, 0.1) is 5.69 Å². The Labute approximate surface area is 109 Å². The molecule has 0 aromatic carbocycles. The molecule has 2 rings (SSSR count). The zero-order valence-electron chi connectivity index (χ0n) is 11.6. The van der Waals surface area contributed by atoms with Gasteiger partial charge in [-0.3, -0.25) is 0 Å². The van der Waals surface area contributed by atoms with Crippen LogP contribution in [-0.2, 0) is 6.54 Å². The highest BCUT2D eigenvalue weighted by Crippen LogP contribution is 2.10. The summed E-state index contributed by atoms with van der Waals surface area (Å²) in [4.78, 5) is 13.6. The molecule has 1 aliphatic rings. The van der Waals surface area contributed by atoms with Gasteiger partial charge in [-0.1, -0.05) is 13.8 Å². The smallest absolute Gasteiger partial charge is 0.225 e. The molecule has 1 aliphatic heterocycles. The van der Waals surface area contributed by atoms with Gasteiger partial charge < -0.3 is 15.1 Å². The van der Waals surface area contributed by atoms with Crippen LogP contribution in [0, 0.1) is 0 Å². The number of nitrogens with one attached hydrogen (secondary N) is 1. The third-order valence-electron chi connectivity index (χ3n) is 3.18. The molecule has 0 atom stereocenters. The van der Waals surface area contributed by atoms with Crippen molar-refractivity contribution in [2.45, 2.75) is 26.4 Å². The second-order valence-electron chi connectivity index (χ2n) is 5.17. The van der Waals surface area contributed by atoms with E-state index in [-0.39, 0.29) is 0 Å². The summed E-state index contributed by atoms with van der Waals surface area (Å²) < 4.78 is 0. The van der Waals surface area contributed by atoms with Gasteiger partial charge in [-0.2, -0.15) is 0 Å². The molecule has 0 bridgehead atoms. The van der Waals surface area contributed by atoms with Gasteiger partial charge in [0, 0.05) is 45.0 Å². The molecule has 5 nitrogen and oxygen atoms in total. The topological polar surface area (TPSA) is 44.3 Å². The SMILES string of the molecule is CC(C)NCc1ccnc(N2CCN(C)CC2)n1. The minimum atomic E-state index is 0.479. The van der Waals surface area contributed by atoms with Crippen LogP contribution in [0.25, 0.3) is 0 Å². The van der Waals surface area contributed by atoms with E-state index in [0.717, 1.165) is 44.4 Å². The summed E-state index contributed by atoms with van der Waals surface area (Å²) in [5.41, 5.74) is 1.06. The third kappa shape index (κ3) is 3.65. The maximum atomic E-state index is 4.63. The Bertz CT molecular complexity index is 371. The summed E-state index contributed by atoms with van der Waals surface area (Å²) in [6.45, 7) is 9.27. The van der Waals surface area contributed by atoms with Gasteiger partial charge in [-0.05, 0) is 13.1 Å². The van der Waals surface area contributed by atoms with Gasteiger partial charge in [0.15, 0.2) is 0 Å². The van der Waals surface area contributed by atoms with Crippen LogP contribution in [0.5, 0.6) is 0 Å². The molecule has 1 saturated heterocycles. The van der Waals surface area contributed by atoms with E-state index < -0.39 is 0 Å². The van der Waals surface area contributed by atoms with Crippen molar-refractivity contribution >= 4 is 5.95 Å². The van der Waals surface area contributed by atoms with Crippen LogP contribution >= 0.6 is 0 Å². The lowest BCUT2D eigenvalue weighted by Gasteiger charge is -2.32. The molecule has 18 heavy (non-hydrogen) atoms. The largest absolute Gasteiger partial charge is 0.338 e. The summed E-state index contributed by atoms with van der Waals surface area (Å²) in [6, 6.07) is 2.46. The summed E-state index contributed by atoms with van der Waals surface area (Å²) in [6.07, 6.45) is 1.86. The van der Waals surface area contributed by atoms with Crippen molar-refractivity contribution in [3.05, 3.63) is 18.0 Å². The van der Waals surface area contributed by atoms with E-state index in [1.807, 2.05) is 12.3 Å². The lowest BCUT2D eigenvalue weighted by Crippen LogP contribution is -2.45. The van der Waals surface area contributed by atoms with Crippen LogP contribution in [0.2, 0.25) is 0 Å². The highest BCUT2D eigenvalue weighted by atomic mass is 15.3. The second-order valence-corrected chi connectivity index (χ2v) is 5.17. The zero-order chi connectivity index (χ0) is 13.0. The first kappa shape index (κ1) is 13.2. The van der Waals surface area contributed by atoms with Gasteiger partial charge in [0.25, 0.3) is 0 Å². The number of likely N-dealkylation sites (N-methyl/N-ethyl adjacent to an activating group) is 1. The van der Waals surface area contributed by atoms with Gasteiger partial charge in [0.1, 0.15) is 0 Å². The van der Waals surface area contributed by atoms with Gasteiger partial charge in [0.2, 0.25) is 5.95 Å². The Kier molecular flexibility index (Phi) is 4.49. The van der Waals surface area contributed by atoms with E-state index in [1.54, 1.807) is 0 Å². The Morgan fingerprint density at radius 3 is 2.67 bits per heavy atom. The van der Waals surface area contributed by atoms with E-state index in [2.05, 4.69) is 46.0 Å². The highest BCUT2D eigenvalue weighted by molar-refractivity contribution is 5.31. The molecule has 0 spiro atoms. The molecule has 1 fully saturated rings. The van der Waals surface area contributed by atoms with Crippen LogP contribution in [0.4, 0.5) is 5.95 Å². The Morgan fingerprint density at radius 2 is 2.00 bits per heavy atom. The van der Waals surface area contributed by atoms with E-state index >= 15 is 0 Å². The zero-order valence-corrected chi connectivity index (χ0v) is 11.6. The molecule has 0 unspecified atom stereocenters. The van der Waals surface area contributed by atoms with Crippen molar-refractivity contribution < 1.29 is 0 Å². The number of aromatic nitrogens is 2. The minimum Gasteiger partial charge on any atom is -0.338 e. The number of nitrogens with zero attached hydrogens (tertiary/aromatic N) is 4. The minimum absolute atomic E-state index is 0.479. The molecule has 100 valence electrons. The fraction of sp³-hybridized carbons (Fsp3) is 0.692. The number of piperazine rings is 1. The van der Waals surface area contributed by atoms with E-state index in [9.17, 15) is 0 Å². The van der Waals surface area contributed by atoms with Gasteiger partial charge >= 0.3 is 0 Å². The number of rotatable bonds is 4. The molecule has 0 aliphatic carbocycles. The van der Waals surface area contributed by atoms with Crippen molar-refractivity contribution in [1.29, 1.82) is 0 Å². The molecule has 2 heterocycles. The first-order chi connectivity index (χ1) is 8.65. The van der Waals surface area contributed by atoms with Crippen molar-refractivity contribution in [2.24, 2.45) is 0 Å². The Hall–Kier alpha value is -1.20. The molecular formula is C13H23N5. The number of anilines is 1. The maximum Gasteiger partial charge on any atom is 0.225 e. The van der Waals surface area contributed by atoms with Crippen LogP contribution in [0.15, 0.2) is 12.3 Å². The standard InChI is InChI=1S/C13H23N5/c1-11(2)15-10-12-4-5-14-13(16-12)18-8-6-17(3)7-9-18/h4-5,11,15H,6-10H2,1-3H3. The predicted molar refractivity (Wildman–Crippen MR) is 73.7 cm³/mol. The third-order valence-corrected chi connectivity index (χ3v) is 3.18. The quantitative estimate of drug-likeness (QED) is 0.852. The molecule has 1 aromatic rings.